The van der Waals surface area contributed by atoms with E-state index in [1.54, 1.807) is 24.1 Å². The third kappa shape index (κ3) is 3.32. The van der Waals surface area contributed by atoms with Crippen LogP contribution in [0.2, 0.25) is 0 Å². The predicted octanol–water partition coefficient (Wildman–Crippen LogP) is 0.652. The van der Waals surface area contributed by atoms with Crippen LogP contribution in [0.15, 0.2) is 24.3 Å². The van der Waals surface area contributed by atoms with E-state index >= 15 is 0 Å². The molecule has 19 heavy (non-hydrogen) atoms. The van der Waals surface area contributed by atoms with E-state index in [4.69, 9.17) is 4.74 Å². The summed E-state index contributed by atoms with van der Waals surface area (Å²) in [7, 11) is 1.56. The van der Waals surface area contributed by atoms with Crippen LogP contribution in [0.25, 0.3) is 0 Å². The van der Waals surface area contributed by atoms with Crippen molar-refractivity contribution in [1.29, 1.82) is 0 Å². The van der Waals surface area contributed by atoms with Gasteiger partial charge in [0.15, 0.2) is 5.78 Å². The van der Waals surface area contributed by atoms with Gasteiger partial charge in [0.25, 0.3) is 0 Å². The molecule has 1 aliphatic rings. The minimum atomic E-state index is 0.0528. The number of methoxy groups -OCH3 is 1. The predicted molar refractivity (Wildman–Crippen MR) is 71.4 cm³/mol. The molecule has 0 radical (unpaired) electrons. The molecule has 0 atom stereocenters. The molecule has 1 fully saturated rings. The van der Waals surface area contributed by atoms with Crippen molar-refractivity contribution in [3.63, 3.8) is 0 Å². The summed E-state index contributed by atoms with van der Waals surface area (Å²) in [4.78, 5) is 26.6. The van der Waals surface area contributed by atoms with E-state index in [1.807, 2.05) is 12.1 Å². The Morgan fingerprint density at radius 1 is 1.26 bits per heavy atom. The number of benzene rings is 1. The highest BCUT2D eigenvalue weighted by Gasteiger charge is 2.20. The zero-order chi connectivity index (χ0) is 13.7. The van der Waals surface area contributed by atoms with Crippen molar-refractivity contribution in [3.05, 3.63) is 29.8 Å². The topological polar surface area (TPSA) is 49.9 Å². The Bertz CT molecular complexity index is 454. The number of carbonyl (C=O) groups excluding carboxylic acids is 2. The molecule has 1 saturated heterocycles. The summed E-state index contributed by atoms with van der Waals surface area (Å²) in [6.45, 7) is 3.21. The van der Waals surface area contributed by atoms with Crippen molar-refractivity contribution in [1.82, 2.24) is 9.80 Å². The lowest BCUT2D eigenvalue weighted by Gasteiger charge is -2.31. The third-order valence-corrected chi connectivity index (χ3v) is 3.33. The first kappa shape index (κ1) is 13.5. The molecule has 1 heterocycles. The fourth-order valence-electron chi connectivity index (χ4n) is 2.19. The lowest BCUT2D eigenvalue weighted by Crippen LogP contribution is -2.47. The van der Waals surface area contributed by atoms with Gasteiger partial charge >= 0.3 is 0 Å². The quantitative estimate of drug-likeness (QED) is 0.577. The second kappa shape index (κ2) is 6.33. The van der Waals surface area contributed by atoms with Gasteiger partial charge in [-0.1, -0.05) is 12.1 Å². The normalized spacial score (nSPS) is 16.2. The molecule has 0 unspecified atom stereocenters. The van der Waals surface area contributed by atoms with E-state index in [2.05, 4.69) is 4.90 Å². The average Bonchev–Trinajstić information content (AvgIpc) is 2.48. The van der Waals surface area contributed by atoms with E-state index in [0.717, 1.165) is 19.5 Å². The second-order valence-corrected chi connectivity index (χ2v) is 4.54. The number of nitrogens with zero attached hydrogens (tertiary/aromatic N) is 2. The van der Waals surface area contributed by atoms with Crippen LogP contribution in [-0.4, -0.2) is 61.8 Å². The number of rotatable bonds is 5. The number of para-hydroxylation sites is 1. The minimum Gasteiger partial charge on any atom is -0.496 e. The van der Waals surface area contributed by atoms with E-state index < -0.39 is 0 Å². The van der Waals surface area contributed by atoms with Crippen LogP contribution in [0.1, 0.15) is 10.4 Å². The van der Waals surface area contributed by atoms with Crippen LogP contribution < -0.4 is 4.74 Å². The molecule has 102 valence electrons. The van der Waals surface area contributed by atoms with Crippen LogP contribution in [0, 0.1) is 0 Å². The maximum absolute atomic E-state index is 12.2. The Labute approximate surface area is 112 Å². The Balaban J connectivity index is 1.96. The largest absolute Gasteiger partial charge is 0.496 e. The minimum absolute atomic E-state index is 0.0528. The SMILES string of the molecule is COc1ccccc1C(=O)CN1CCN(C=O)CC1. The van der Waals surface area contributed by atoms with Gasteiger partial charge in [0, 0.05) is 26.2 Å². The number of piperazine rings is 1. The fraction of sp³-hybridized carbons (Fsp3) is 0.429. The highest BCUT2D eigenvalue weighted by molar-refractivity contribution is 6.00. The Kier molecular flexibility index (Phi) is 4.52. The average molecular weight is 262 g/mol. The van der Waals surface area contributed by atoms with Crippen molar-refractivity contribution in [2.24, 2.45) is 0 Å². The standard InChI is InChI=1S/C14H18N2O3/c1-19-14-5-3-2-4-12(14)13(18)10-15-6-8-16(11-17)9-7-15/h2-5,11H,6-10H2,1H3. The molecule has 5 nitrogen and oxygen atoms in total. The first-order chi connectivity index (χ1) is 9.24. The van der Waals surface area contributed by atoms with Crippen molar-refractivity contribution in [3.8, 4) is 5.75 Å². The molecule has 0 aromatic heterocycles. The molecule has 1 amide bonds. The number of hydrogen-bond donors (Lipinski definition) is 0. The molecule has 0 spiro atoms. The zero-order valence-corrected chi connectivity index (χ0v) is 11.0. The van der Waals surface area contributed by atoms with Gasteiger partial charge in [-0.2, -0.15) is 0 Å². The molecule has 2 rings (SSSR count). The van der Waals surface area contributed by atoms with Gasteiger partial charge in [-0.25, -0.2) is 0 Å². The van der Waals surface area contributed by atoms with Gasteiger partial charge in [0.05, 0.1) is 19.2 Å². The van der Waals surface area contributed by atoms with E-state index in [-0.39, 0.29) is 5.78 Å². The molecule has 5 heteroatoms. The molecule has 1 aromatic rings. The number of amides is 1. The first-order valence-corrected chi connectivity index (χ1v) is 6.32. The number of carbonyl (C=O) groups is 2. The van der Waals surface area contributed by atoms with Crippen LogP contribution in [-0.2, 0) is 4.79 Å². The van der Waals surface area contributed by atoms with E-state index in [0.29, 0.717) is 30.9 Å². The molecular weight excluding hydrogens is 244 g/mol. The van der Waals surface area contributed by atoms with Gasteiger partial charge in [0.1, 0.15) is 5.75 Å². The van der Waals surface area contributed by atoms with Crippen molar-refractivity contribution < 1.29 is 14.3 Å². The van der Waals surface area contributed by atoms with Crippen LogP contribution in [0.5, 0.6) is 5.75 Å². The molecule has 0 N–H and O–H groups in total. The molecule has 0 saturated carbocycles. The first-order valence-electron chi connectivity index (χ1n) is 6.32. The summed E-state index contributed by atoms with van der Waals surface area (Å²) >= 11 is 0. The summed E-state index contributed by atoms with van der Waals surface area (Å²) in [6, 6.07) is 7.25. The van der Waals surface area contributed by atoms with Crippen LogP contribution in [0.4, 0.5) is 0 Å². The van der Waals surface area contributed by atoms with Crippen LogP contribution in [0.3, 0.4) is 0 Å². The van der Waals surface area contributed by atoms with E-state index in [9.17, 15) is 9.59 Å². The molecule has 0 bridgehead atoms. The third-order valence-electron chi connectivity index (χ3n) is 3.33. The van der Waals surface area contributed by atoms with Gasteiger partial charge in [-0.3, -0.25) is 14.5 Å². The number of ketones is 1. The molecule has 1 aromatic carbocycles. The van der Waals surface area contributed by atoms with Crippen LogP contribution >= 0.6 is 0 Å². The highest BCUT2D eigenvalue weighted by atomic mass is 16.5. The van der Waals surface area contributed by atoms with E-state index in [1.165, 1.54) is 0 Å². The second-order valence-electron chi connectivity index (χ2n) is 4.54. The lowest BCUT2D eigenvalue weighted by atomic mass is 10.1. The Morgan fingerprint density at radius 3 is 2.58 bits per heavy atom. The Hall–Kier alpha value is -1.88. The van der Waals surface area contributed by atoms with Gasteiger partial charge in [-0.15, -0.1) is 0 Å². The lowest BCUT2D eigenvalue weighted by molar-refractivity contribution is -0.119. The fourth-order valence-corrected chi connectivity index (χ4v) is 2.19. The summed E-state index contributed by atoms with van der Waals surface area (Å²) in [5.74, 6) is 0.663. The summed E-state index contributed by atoms with van der Waals surface area (Å²) in [5, 5.41) is 0. The Morgan fingerprint density at radius 2 is 1.95 bits per heavy atom. The number of hydrogen-bond acceptors (Lipinski definition) is 4. The van der Waals surface area contributed by atoms with Crippen molar-refractivity contribution in [2.75, 3.05) is 39.8 Å². The number of ether oxygens (including phenoxy) is 1. The highest BCUT2D eigenvalue weighted by Crippen LogP contribution is 2.18. The summed E-state index contributed by atoms with van der Waals surface area (Å²) in [6.07, 6.45) is 0.861. The zero-order valence-electron chi connectivity index (χ0n) is 11.0. The smallest absolute Gasteiger partial charge is 0.209 e. The van der Waals surface area contributed by atoms with Crippen molar-refractivity contribution >= 4 is 12.2 Å². The summed E-state index contributed by atoms with van der Waals surface area (Å²) in [5.41, 5.74) is 0.614. The summed E-state index contributed by atoms with van der Waals surface area (Å²) < 4.78 is 5.20. The maximum atomic E-state index is 12.2. The molecule has 0 aliphatic carbocycles. The molecule has 1 aliphatic heterocycles. The maximum Gasteiger partial charge on any atom is 0.209 e. The monoisotopic (exact) mass is 262 g/mol. The van der Waals surface area contributed by atoms with Gasteiger partial charge in [-0.05, 0) is 12.1 Å². The van der Waals surface area contributed by atoms with Gasteiger partial charge < -0.3 is 9.64 Å². The number of Topliss-reactive ketones (excluding diaryl/α,β-unsaturated/α-hetero) is 1. The van der Waals surface area contributed by atoms with Crippen molar-refractivity contribution in [2.45, 2.75) is 0 Å². The molecular formula is C14H18N2O3. The van der Waals surface area contributed by atoms with Gasteiger partial charge in [0.2, 0.25) is 6.41 Å².